The molecule has 2 heterocycles. The third kappa shape index (κ3) is 2.68. The van der Waals surface area contributed by atoms with Gasteiger partial charge in [-0.15, -0.1) is 0 Å². The molecule has 1 fully saturated rings. The Morgan fingerprint density at radius 2 is 2.10 bits per heavy atom. The third-order valence-electron chi connectivity index (χ3n) is 3.77. The van der Waals surface area contributed by atoms with Crippen molar-refractivity contribution in [2.24, 2.45) is 0 Å². The molecule has 0 unspecified atom stereocenters. The van der Waals surface area contributed by atoms with Gasteiger partial charge < -0.3 is 19.7 Å². The molecule has 7 heteroatoms. The average molecular weight is 354 g/mol. The average Bonchev–Trinajstić information content (AvgIpc) is 2.98. The van der Waals surface area contributed by atoms with E-state index in [1.807, 2.05) is 12.1 Å². The Morgan fingerprint density at radius 1 is 1.33 bits per heavy atom. The minimum atomic E-state index is -0.538. The summed E-state index contributed by atoms with van der Waals surface area (Å²) in [6.45, 7) is 1.25. The van der Waals surface area contributed by atoms with Crippen LogP contribution in [0.25, 0.3) is 11.5 Å². The van der Waals surface area contributed by atoms with Crippen LogP contribution in [0.3, 0.4) is 0 Å². The van der Waals surface area contributed by atoms with Crippen molar-refractivity contribution in [1.29, 1.82) is 0 Å². The predicted molar refractivity (Wildman–Crippen MR) is 80.6 cm³/mol. The molecular weight excluding hydrogens is 338 g/mol. The summed E-state index contributed by atoms with van der Waals surface area (Å²) in [5.41, 5.74) is 6.76. The molecular formula is C14H16BrN3O3. The summed E-state index contributed by atoms with van der Waals surface area (Å²) in [5.74, 6) is 0.948. The van der Waals surface area contributed by atoms with Gasteiger partial charge in [0.05, 0.1) is 5.56 Å². The van der Waals surface area contributed by atoms with E-state index < -0.39 is 5.60 Å². The molecule has 1 aliphatic rings. The molecule has 0 atom stereocenters. The summed E-state index contributed by atoms with van der Waals surface area (Å²) in [5, 5.41) is 4.09. The Bertz CT molecular complexity index is 638. The van der Waals surface area contributed by atoms with Crippen molar-refractivity contribution >= 4 is 21.6 Å². The fourth-order valence-electron chi connectivity index (χ4n) is 2.47. The van der Waals surface area contributed by atoms with Gasteiger partial charge >= 0.3 is 0 Å². The van der Waals surface area contributed by atoms with Gasteiger partial charge in [-0.25, -0.2) is 0 Å². The molecule has 1 aromatic heterocycles. The molecule has 1 saturated heterocycles. The molecule has 0 bridgehead atoms. The zero-order valence-electron chi connectivity index (χ0n) is 11.6. The van der Waals surface area contributed by atoms with Crippen molar-refractivity contribution in [1.82, 2.24) is 10.1 Å². The maximum atomic E-state index is 6.00. The zero-order valence-corrected chi connectivity index (χ0v) is 13.2. The number of rotatable bonds is 3. The highest BCUT2D eigenvalue weighted by molar-refractivity contribution is 9.10. The first-order chi connectivity index (χ1) is 10.1. The largest absolute Gasteiger partial charge is 0.398 e. The monoisotopic (exact) mass is 353 g/mol. The maximum absolute atomic E-state index is 6.00. The van der Waals surface area contributed by atoms with Crippen LogP contribution in [0.1, 0.15) is 18.7 Å². The molecule has 0 saturated carbocycles. The van der Waals surface area contributed by atoms with Crippen molar-refractivity contribution in [2.75, 3.05) is 26.1 Å². The highest BCUT2D eigenvalue weighted by Gasteiger charge is 2.39. The van der Waals surface area contributed by atoms with Gasteiger partial charge in [0, 0.05) is 43.3 Å². The van der Waals surface area contributed by atoms with Gasteiger partial charge in [0.25, 0.3) is 5.89 Å². The highest BCUT2D eigenvalue weighted by atomic mass is 79.9. The molecule has 3 rings (SSSR count). The molecule has 0 aliphatic carbocycles. The first-order valence-corrected chi connectivity index (χ1v) is 7.46. The van der Waals surface area contributed by atoms with Crippen LogP contribution in [0, 0.1) is 0 Å². The first-order valence-electron chi connectivity index (χ1n) is 6.67. The standard InChI is InChI=1S/C14H16BrN3O3/c1-19-14(4-6-20-7-5-14)13-17-12(21-18-13)10-3-2-9(15)8-11(10)16/h2-3,8H,4-7,16H2,1H3. The number of nitrogens with two attached hydrogens (primary N) is 1. The van der Waals surface area contributed by atoms with Crippen LogP contribution in [0.4, 0.5) is 5.69 Å². The number of aromatic nitrogens is 2. The van der Waals surface area contributed by atoms with Gasteiger partial charge in [-0.3, -0.25) is 0 Å². The minimum absolute atomic E-state index is 0.401. The van der Waals surface area contributed by atoms with Crippen LogP contribution < -0.4 is 5.73 Å². The van der Waals surface area contributed by atoms with E-state index in [1.54, 1.807) is 13.2 Å². The van der Waals surface area contributed by atoms with E-state index in [0.29, 0.717) is 43.5 Å². The van der Waals surface area contributed by atoms with Crippen molar-refractivity contribution in [3.05, 3.63) is 28.5 Å². The quantitative estimate of drug-likeness (QED) is 0.854. The topological polar surface area (TPSA) is 83.4 Å². The Hall–Kier alpha value is -1.44. The number of nitrogens with zero attached hydrogens (tertiary/aromatic N) is 2. The molecule has 1 aliphatic heterocycles. The number of benzene rings is 1. The van der Waals surface area contributed by atoms with Crippen LogP contribution in [-0.2, 0) is 15.1 Å². The summed E-state index contributed by atoms with van der Waals surface area (Å²) in [7, 11) is 1.66. The number of hydrogen-bond acceptors (Lipinski definition) is 6. The van der Waals surface area contributed by atoms with Crippen LogP contribution in [0.15, 0.2) is 27.2 Å². The number of hydrogen-bond donors (Lipinski definition) is 1. The van der Waals surface area contributed by atoms with Crippen LogP contribution >= 0.6 is 15.9 Å². The number of nitrogen functional groups attached to an aromatic ring is 1. The molecule has 0 radical (unpaired) electrons. The molecule has 0 spiro atoms. The molecule has 112 valence electrons. The lowest BCUT2D eigenvalue weighted by Crippen LogP contribution is -2.36. The smallest absolute Gasteiger partial charge is 0.260 e. The Balaban J connectivity index is 1.95. The second kappa shape index (κ2) is 5.75. The van der Waals surface area contributed by atoms with E-state index in [1.165, 1.54) is 0 Å². The second-order valence-corrected chi connectivity index (χ2v) is 5.88. The molecule has 1 aromatic carbocycles. The van der Waals surface area contributed by atoms with Gasteiger partial charge in [-0.05, 0) is 18.2 Å². The van der Waals surface area contributed by atoms with E-state index in [4.69, 9.17) is 19.7 Å². The Kier molecular flexibility index (Phi) is 3.97. The highest BCUT2D eigenvalue weighted by Crippen LogP contribution is 2.35. The number of halogens is 1. The van der Waals surface area contributed by atoms with Gasteiger partial charge in [-0.2, -0.15) is 4.98 Å². The molecule has 0 amide bonds. The number of ether oxygens (including phenoxy) is 2. The summed E-state index contributed by atoms with van der Waals surface area (Å²) in [4.78, 5) is 4.48. The lowest BCUT2D eigenvalue weighted by atomic mass is 9.93. The Morgan fingerprint density at radius 3 is 2.76 bits per heavy atom. The van der Waals surface area contributed by atoms with Gasteiger partial charge in [-0.1, -0.05) is 21.1 Å². The molecule has 21 heavy (non-hydrogen) atoms. The van der Waals surface area contributed by atoms with E-state index in [9.17, 15) is 0 Å². The molecule has 6 nitrogen and oxygen atoms in total. The normalized spacial score (nSPS) is 17.8. The number of methoxy groups -OCH3 is 1. The summed E-state index contributed by atoms with van der Waals surface area (Å²) in [6, 6.07) is 5.54. The Labute approximate surface area is 130 Å². The number of anilines is 1. The lowest BCUT2D eigenvalue weighted by molar-refractivity contribution is -0.101. The van der Waals surface area contributed by atoms with E-state index in [2.05, 4.69) is 26.1 Å². The maximum Gasteiger partial charge on any atom is 0.260 e. The fourth-order valence-corrected chi connectivity index (χ4v) is 2.85. The van der Waals surface area contributed by atoms with Gasteiger partial charge in [0.15, 0.2) is 0 Å². The van der Waals surface area contributed by atoms with Crippen LogP contribution in [0.2, 0.25) is 0 Å². The second-order valence-electron chi connectivity index (χ2n) is 4.97. The van der Waals surface area contributed by atoms with Crippen LogP contribution in [-0.4, -0.2) is 30.5 Å². The third-order valence-corrected chi connectivity index (χ3v) is 4.26. The van der Waals surface area contributed by atoms with Crippen molar-refractivity contribution in [2.45, 2.75) is 18.4 Å². The lowest BCUT2D eigenvalue weighted by Gasteiger charge is -2.32. The minimum Gasteiger partial charge on any atom is -0.398 e. The zero-order chi connectivity index (χ0) is 14.9. The van der Waals surface area contributed by atoms with Gasteiger partial charge in [0.2, 0.25) is 5.82 Å². The van der Waals surface area contributed by atoms with E-state index >= 15 is 0 Å². The molecule has 2 aromatic rings. The van der Waals surface area contributed by atoms with E-state index in [-0.39, 0.29) is 0 Å². The summed E-state index contributed by atoms with van der Waals surface area (Å²) >= 11 is 3.38. The van der Waals surface area contributed by atoms with Crippen LogP contribution in [0.5, 0.6) is 0 Å². The van der Waals surface area contributed by atoms with Crippen molar-refractivity contribution in [3.63, 3.8) is 0 Å². The predicted octanol–water partition coefficient (Wildman–Crippen LogP) is 2.73. The first kappa shape index (κ1) is 14.5. The van der Waals surface area contributed by atoms with Gasteiger partial charge in [0.1, 0.15) is 5.60 Å². The summed E-state index contributed by atoms with van der Waals surface area (Å²) < 4.78 is 17.3. The molecule has 2 N–H and O–H groups in total. The van der Waals surface area contributed by atoms with E-state index in [0.717, 1.165) is 10.0 Å². The SMILES string of the molecule is COC1(c2noc(-c3ccc(Br)cc3N)n2)CCOCC1. The van der Waals surface area contributed by atoms with Crippen molar-refractivity contribution < 1.29 is 14.0 Å². The van der Waals surface area contributed by atoms with Crippen molar-refractivity contribution in [3.8, 4) is 11.5 Å². The summed E-state index contributed by atoms with van der Waals surface area (Å²) in [6.07, 6.45) is 1.41. The fraction of sp³-hybridized carbons (Fsp3) is 0.429.